The van der Waals surface area contributed by atoms with Crippen LogP contribution in [0, 0.1) is 5.92 Å². The number of thiophene rings is 1. The standard InChI is InChI=1S/C25H24N2O3S/c1-15-8-13-20-21(14-15)31-25(27-23(29)18-6-4-3-5-7-18)22(20)24(30)26-19-11-9-17(10-12-19)16(2)28/h3-7,9-12,15H,8,13-14H2,1-2H3,(H,26,30)(H,27,29). The van der Waals surface area contributed by atoms with Crippen LogP contribution in [0.25, 0.3) is 0 Å². The summed E-state index contributed by atoms with van der Waals surface area (Å²) in [7, 11) is 0. The molecule has 1 atom stereocenters. The van der Waals surface area contributed by atoms with Crippen LogP contribution in [0.15, 0.2) is 54.6 Å². The number of hydrogen-bond acceptors (Lipinski definition) is 4. The van der Waals surface area contributed by atoms with Gasteiger partial charge in [-0.05, 0) is 74.1 Å². The average molecular weight is 433 g/mol. The molecule has 1 aliphatic carbocycles. The van der Waals surface area contributed by atoms with Crippen molar-refractivity contribution in [3.8, 4) is 0 Å². The van der Waals surface area contributed by atoms with Gasteiger partial charge in [0.1, 0.15) is 5.00 Å². The fourth-order valence-corrected chi connectivity index (χ4v) is 5.23. The van der Waals surface area contributed by atoms with Gasteiger partial charge in [-0.3, -0.25) is 14.4 Å². The lowest BCUT2D eigenvalue weighted by Gasteiger charge is -2.18. The first-order chi connectivity index (χ1) is 14.9. The summed E-state index contributed by atoms with van der Waals surface area (Å²) in [6.07, 6.45) is 2.75. The van der Waals surface area contributed by atoms with E-state index < -0.39 is 0 Å². The van der Waals surface area contributed by atoms with E-state index in [0.717, 1.165) is 24.8 Å². The van der Waals surface area contributed by atoms with Crippen molar-refractivity contribution < 1.29 is 14.4 Å². The summed E-state index contributed by atoms with van der Waals surface area (Å²) in [5.74, 6) is 0.0572. The molecule has 0 aliphatic heterocycles. The van der Waals surface area contributed by atoms with Crippen molar-refractivity contribution in [2.45, 2.75) is 33.1 Å². The molecule has 0 spiro atoms. The van der Waals surface area contributed by atoms with Gasteiger partial charge in [-0.15, -0.1) is 11.3 Å². The van der Waals surface area contributed by atoms with Crippen LogP contribution in [0.2, 0.25) is 0 Å². The van der Waals surface area contributed by atoms with E-state index in [0.29, 0.717) is 33.3 Å². The van der Waals surface area contributed by atoms with Crippen molar-refractivity contribution in [3.05, 3.63) is 81.7 Å². The molecule has 1 heterocycles. The smallest absolute Gasteiger partial charge is 0.258 e. The lowest BCUT2D eigenvalue weighted by Crippen LogP contribution is -2.19. The molecule has 0 saturated heterocycles. The Morgan fingerprint density at radius 1 is 0.903 bits per heavy atom. The summed E-state index contributed by atoms with van der Waals surface area (Å²) in [6.45, 7) is 3.72. The highest BCUT2D eigenvalue weighted by Gasteiger charge is 2.28. The van der Waals surface area contributed by atoms with Crippen molar-refractivity contribution in [2.75, 3.05) is 10.6 Å². The first-order valence-electron chi connectivity index (χ1n) is 10.4. The van der Waals surface area contributed by atoms with Crippen LogP contribution in [0.3, 0.4) is 0 Å². The van der Waals surface area contributed by atoms with Gasteiger partial charge in [0.25, 0.3) is 11.8 Å². The molecule has 2 N–H and O–H groups in total. The minimum Gasteiger partial charge on any atom is -0.322 e. The third-order valence-corrected chi connectivity index (χ3v) is 6.72. The number of benzene rings is 2. The highest BCUT2D eigenvalue weighted by Crippen LogP contribution is 2.40. The highest BCUT2D eigenvalue weighted by atomic mass is 32.1. The minimum absolute atomic E-state index is 0.0233. The van der Waals surface area contributed by atoms with Gasteiger partial charge in [0.2, 0.25) is 0 Å². The minimum atomic E-state index is -0.244. The largest absolute Gasteiger partial charge is 0.322 e. The van der Waals surface area contributed by atoms with Crippen molar-refractivity contribution >= 4 is 39.6 Å². The van der Waals surface area contributed by atoms with E-state index in [4.69, 9.17) is 0 Å². The van der Waals surface area contributed by atoms with Gasteiger partial charge < -0.3 is 10.6 Å². The Labute approximate surface area is 185 Å². The molecule has 2 aromatic carbocycles. The molecule has 0 radical (unpaired) electrons. The molecule has 2 amide bonds. The number of amides is 2. The quantitative estimate of drug-likeness (QED) is 0.517. The van der Waals surface area contributed by atoms with Gasteiger partial charge >= 0.3 is 0 Å². The molecule has 0 fully saturated rings. The van der Waals surface area contributed by atoms with E-state index in [1.54, 1.807) is 36.4 Å². The summed E-state index contributed by atoms with van der Waals surface area (Å²) < 4.78 is 0. The molecule has 0 bridgehead atoms. The van der Waals surface area contributed by atoms with Gasteiger partial charge in [-0.2, -0.15) is 0 Å². The zero-order valence-electron chi connectivity index (χ0n) is 17.5. The molecular formula is C25H24N2O3S. The Balaban J connectivity index is 1.64. The van der Waals surface area contributed by atoms with Gasteiger partial charge in [-0.1, -0.05) is 25.1 Å². The van der Waals surface area contributed by atoms with E-state index in [9.17, 15) is 14.4 Å². The van der Waals surface area contributed by atoms with Crippen molar-refractivity contribution in [1.82, 2.24) is 0 Å². The van der Waals surface area contributed by atoms with Gasteiger partial charge in [0, 0.05) is 21.7 Å². The van der Waals surface area contributed by atoms with E-state index in [2.05, 4.69) is 17.6 Å². The third-order valence-electron chi connectivity index (χ3n) is 5.55. The maximum absolute atomic E-state index is 13.3. The number of nitrogens with one attached hydrogen (secondary N) is 2. The number of carbonyl (C=O) groups is 3. The predicted octanol–water partition coefficient (Wildman–Crippen LogP) is 5.58. The summed E-state index contributed by atoms with van der Waals surface area (Å²) in [6, 6.07) is 15.8. The molecule has 3 aromatic rings. The second-order valence-electron chi connectivity index (χ2n) is 7.96. The number of carbonyl (C=O) groups excluding carboxylic acids is 3. The molecule has 0 saturated carbocycles. The zero-order valence-corrected chi connectivity index (χ0v) is 18.3. The van der Waals surface area contributed by atoms with Crippen LogP contribution in [0.1, 0.15) is 61.8 Å². The van der Waals surface area contributed by atoms with Crippen molar-refractivity contribution in [1.29, 1.82) is 0 Å². The number of Topliss-reactive ketones (excluding diaryl/α,β-unsaturated/α-hetero) is 1. The van der Waals surface area contributed by atoms with Crippen LogP contribution in [-0.4, -0.2) is 17.6 Å². The molecule has 6 heteroatoms. The fraction of sp³-hybridized carbons (Fsp3) is 0.240. The lowest BCUT2D eigenvalue weighted by atomic mass is 9.88. The Kier molecular flexibility index (Phi) is 6.00. The van der Waals surface area contributed by atoms with Crippen molar-refractivity contribution in [3.63, 3.8) is 0 Å². The van der Waals surface area contributed by atoms with E-state index in [1.807, 2.05) is 18.2 Å². The first-order valence-corrected chi connectivity index (χ1v) is 11.2. The number of rotatable bonds is 5. The first kappa shape index (κ1) is 21.0. The second-order valence-corrected chi connectivity index (χ2v) is 9.07. The van der Waals surface area contributed by atoms with Crippen LogP contribution >= 0.6 is 11.3 Å². The van der Waals surface area contributed by atoms with E-state index in [1.165, 1.54) is 23.1 Å². The molecule has 1 aromatic heterocycles. The average Bonchev–Trinajstić information content (AvgIpc) is 3.11. The molecule has 1 aliphatic rings. The monoisotopic (exact) mass is 432 g/mol. The fourth-order valence-electron chi connectivity index (χ4n) is 3.83. The second kappa shape index (κ2) is 8.86. The summed E-state index contributed by atoms with van der Waals surface area (Å²) in [4.78, 5) is 38.7. The number of ketones is 1. The molecular weight excluding hydrogens is 408 g/mol. The number of hydrogen-bond donors (Lipinski definition) is 2. The molecule has 4 rings (SSSR count). The Morgan fingerprint density at radius 2 is 1.61 bits per heavy atom. The number of anilines is 2. The van der Waals surface area contributed by atoms with E-state index in [-0.39, 0.29) is 17.6 Å². The predicted molar refractivity (Wildman–Crippen MR) is 124 cm³/mol. The zero-order chi connectivity index (χ0) is 22.0. The Morgan fingerprint density at radius 3 is 2.29 bits per heavy atom. The van der Waals surface area contributed by atoms with Crippen LogP contribution in [0.4, 0.5) is 10.7 Å². The maximum atomic E-state index is 13.3. The Bertz CT molecular complexity index is 1130. The maximum Gasteiger partial charge on any atom is 0.258 e. The molecule has 31 heavy (non-hydrogen) atoms. The van der Waals surface area contributed by atoms with Crippen LogP contribution < -0.4 is 10.6 Å². The Hall–Kier alpha value is -3.25. The third kappa shape index (κ3) is 4.59. The van der Waals surface area contributed by atoms with Crippen molar-refractivity contribution in [2.24, 2.45) is 5.92 Å². The van der Waals surface area contributed by atoms with Gasteiger partial charge in [0.05, 0.1) is 5.56 Å². The molecule has 1 unspecified atom stereocenters. The number of fused-ring (bicyclic) bond motifs is 1. The van der Waals surface area contributed by atoms with Gasteiger partial charge in [0.15, 0.2) is 5.78 Å². The van der Waals surface area contributed by atoms with Crippen LogP contribution in [-0.2, 0) is 12.8 Å². The topological polar surface area (TPSA) is 75.3 Å². The highest BCUT2D eigenvalue weighted by molar-refractivity contribution is 7.17. The molecule has 5 nitrogen and oxygen atoms in total. The SMILES string of the molecule is CC(=O)c1ccc(NC(=O)c2c(NC(=O)c3ccccc3)sc3c2CCC(C)C3)cc1. The summed E-state index contributed by atoms with van der Waals surface area (Å²) in [5, 5.41) is 6.48. The van der Waals surface area contributed by atoms with Gasteiger partial charge in [-0.25, -0.2) is 0 Å². The van der Waals surface area contributed by atoms with E-state index >= 15 is 0 Å². The summed E-state index contributed by atoms with van der Waals surface area (Å²) in [5.41, 5.74) is 3.33. The van der Waals surface area contributed by atoms with Crippen LogP contribution in [0.5, 0.6) is 0 Å². The molecule has 158 valence electrons. The summed E-state index contributed by atoms with van der Waals surface area (Å²) >= 11 is 1.50. The normalized spacial score (nSPS) is 15.1. The lowest BCUT2D eigenvalue weighted by molar-refractivity contribution is 0.101.